The highest BCUT2D eigenvalue weighted by atomic mass is 32.1. The number of pyridine rings is 1. The van der Waals surface area contributed by atoms with E-state index in [0.717, 1.165) is 10.3 Å². The first-order valence-corrected chi connectivity index (χ1v) is 9.52. The van der Waals surface area contributed by atoms with E-state index in [-0.39, 0.29) is 0 Å². The molecule has 0 aliphatic heterocycles. The van der Waals surface area contributed by atoms with E-state index in [1.807, 2.05) is 32.2 Å². The molecule has 0 saturated carbocycles. The average Bonchev–Trinajstić information content (AvgIpc) is 2.97. The van der Waals surface area contributed by atoms with Gasteiger partial charge < -0.3 is 9.76 Å². The molecule has 131 valence electrons. The smallest absolute Gasteiger partial charge is 0.331 e. The Morgan fingerprint density at radius 3 is 2.58 bits per heavy atom. The van der Waals surface area contributed by atoms with Crippen LogP contribution in [0.25, 0.3) is 31.1 Å². The maximum absolute atomic E-state index is 10.4. The Morgan fingerprint density at radius 1 is 1.00 bits per heavy atom. The summed E-state index contributed by atoms with van der Waals surface area (Å²) in [7, 11) is 1.78. The maximum atomic E-state index is 10.4. The minimum atomic E-state index is -0.953. The lowest BCUT2D eigenvalue weighted by atomic mass is 9.80. The van der Waals surface area contributed by atoms with Crippen LogP contribution in [0.15, 0.2) is 48.7 Å². The second-order valence-electron chi connectivity index (χ2n) is 7.65. The highest BCUT2D eigenvalue weighted by Crippen LogP contribution is 2.36. The van der Waals surface area contributed by atoms with Gasteiger partial charge in [0.15, 0.2) is 0 Å². The number of aliphatic hydroxyl groups is 1. The van der Waals surface area contributed by atoms with Crippen molar-refractivity contribution < 1.29 is 9.76 Å². The summed E-state index contributed by atoms with van der Waals surface area (Å²) >= 11 is 1.71. The van der Waals surface area contributed by atoms with Crippen molar-refractivity contribution in [3.63, 3.8) is 0 Å². The summed E-state index contributed by atoms with van der Waals surface area (Å²) < 4.78 is 7.24. The molecule has 1 N–H and O–H groups in total. The summed E-state index contributed by atoms with van der Waals surface area (Å²) in [6, 6.07) is 14.6. The van der Waals surface area contributed by atoms with Gasteiger partial charge in [-0.15, -0.1) is 11.3 Å². The van der Waals surface area contributed by atoms with Gasteiger partial charge in [0, 0.05) is 21.7 Å². The van der Waals surface area contributed by atoms with Gasteiger partial charge in [-0.1, -0.05) is 30.3 Å². The third kappa shape index (κ3) is 2.80. The first-order chi connectivity index (χ1) is 12.3. The summed E-state index contributed by atoms with van der Waals surface area (Å²) in [6.45, 7) is 7.32. The van der Waals surface area contributed by atoms with Crippen molar-refractivity contribution in [3.8, 4) is 0 Å². The number of hydrogen-bond acceptors (Lipinski definition) is 4. The summed E-state index contributed by atoms with van der Waals surface area (Å²) in [5, 5.41) is 15.1. The molecule has 0 atom stereocenters. The van der Waals surface area contributed by atoms with E-state index < -0.39 is 11.2 Å². The molecule has 0 saturated heterocycles. The molecule has 2 aromatic carbocycles. The van der Waals surface area contributed by atoms with E-state index in [1.165, 1.54) is 26.2 Å². The SMILES string of the molecule is CC(C)(O)C(C)(C)O[B]c1cccc2ccc3c4cccnc4sc3c12. The third-order valence-corrected chi connectivity index (χ3v) is 6.39. The van der Waals surface area contributed by atoms with Gasteiger partial charge in [-0.3, -0.25) is 0 Å². The average molecular weight is 362 g/mol. The van der Waals surface area contributed by atoms with Gasteiger partial charge in [0.25, 0.3) is 0 Å². The number of aromatic nitrogens is 1. The van der Waals surface area contributed by atoms with Gasteiger partial charge in [0.1, 0.15) is 4.83 Å². The molecule has 26 heavy (non-hydrogen) atoms. The van der Waals surface area contributed by atoms with Crippen LogP contribution in [0.5, 0.6) is 0 Å². The van der Waals surface area contributed by atoms with Crippen LogP contribution in [0.4, 0.5) is 0 Å². The van der Waals surface area contributed by atoms with Gasteiger partial charge in [0.2, 0.25) is 0 Å². The van der Waals surface area contributed by atoms with Crippen LogP contribution >= 0.6 is 11.3 Å². The number of thiophene rings is 1. The molecule has 1 radical (unpaired) electrons. The first kappa shape index (κ1) is 17.5. The lowest BCUT2D eigenvalue weighted by Gasteiger charge is -2.37. The topological polar surface area (TPSA) is 42.4 Å². The normalized spacial score (nSPS) is 13.0. The Labute approximate surface area is 157 Å². The van der Waals surface area contributed by atoms with Crippen molar-refractivity contribution in [3.05, 3.63) is 48.7 Å². The fourth-order valence-electron chi connectivity index (χ4n) is 2.92. The summed E-state index contributed by atoms with van der Waals surface area (Å²) in [5.74, 6) is 0. The molecular weight excluding hydrogens is 341 g/mol. The molecular formula is C21H21BNO2S. The number of hydrogen-bond donors (Lipinski definition) is 1. The zero-order chi connectivity index (χ0) is 18.5. The molecule has 2 aromatic heterocycles. The van der Waals surface area contributed by atoms with Crippen LogP contribution in [0.2, 0.25) is 0 Å². The summed E-state index contributed by atoms with van der Waals surface area (Å²) in [6.07, 6.45) is 1.84. The molecule has 4 rings (SSSR count). The minimum absolute atomic E-state index is 0.704. The van der Waals surface area contributed by atoms with Crippen LogP contribution in [-0.2, 0) is 4.65 Å². The molecule has 0 aliphatic carbocycles. The maximum Gasteiger partial charge on any atom is 0.331 e. The Bertz CT molecular complexity index is 1110. The number of fused-ring (bicyclic) bond motifs is 5. The zero-order valence-electron chi connectivity index (χ0n) is 15.4. The number of benzene rings is 2. The van der Waals surface area contributed by atoms with E-state index in [2.05, 4.69) is 35.3 Å². The third-order valence-electron chi connectivity index (χ3n) is 5.24. The highest BCUT2D eigenvalue weighted by Gasteiger charge is 2.35. The Hall–Kier alpha value is -1.95. The fraction of sp³-hybridized carbons (Fsp3) is 0.286. The van der Waals surface area contributed by atoms with Crippen molar-refractivity contribution in [1.29, 1.82) is 0 Å². The lowest BCUT2D eigenvalue weighted by Crippen LogP contribution is -2.49. The van der Waals surface area contributed by atoms with Crippen molar-refractivity contribution in [2.45, 2.75) is 38.9 Å². The van der Waals surface area contributed by atoms with Crippen LogP contribution in [-0.4, -0.2) is 28.8 Å². The van der Waals surface area contributed by atoms with Crippen molar-refractivity contribution in [2.75, 3.05) is 0 Å². The van der Waals surface area contributed by atoms with E-state index in [1.54, 1.807) is 32.7 Å². The van der Waals surface area contributed by atoms with Gasteiger partial charge in [-0.05, 0) is 56.1 Å². The molecule has 5 heteroatoms. The number of nitrogens with zero attached hydrogens (tertiary/aromatic N) is 1. The zero-order valence-corrected chi connectivity index (χ0v) is 16.2. The summed E-state index contributed by atoms with van der Waals surface area (Å²) in [4.78, 5) is 5.56. The van der Waals surface area contributed by atoms with Crippen molar-refractivity contribution in [1.82, 2.24) is 4.98 Å². The van der Waals surface area contributed by atoms with Gasteiger partial charge in [-0.25, -0.2) is 4.98 Å². The van der Waals surface area contributed by atoms with Gasteiger partial charge in [0.05, 0.1) is 11.2 Å². The largest absolute Gasteiger partial charge is 0.427 e. The second-order valence-corrected chi connectivity index (χ2v) is 8.65. The molecule has 0 fully saturated rings. The van der Waals surface area contributed by atoms with Crippen molar-refractivity contribution in [2.24, 2.45) is 0 Å². The predicted molar refractivity (Wildman–Crippen MR) is 111 cm³/mol. The predicted octanol–water partition coefficient (Wildman–Crippen LogP) is 4.41. The van der Waals surface area contributed by atoms with Crippen LogP contribution in [0, 0.1) is 0 Å². The Kier molecular flexibility index (Phi) is 4.06. The number of rotatable bonds is 4. The Morgan fingerprint density at radius 2 is 1.81 bits per heavy atom. The summed E-state index contributed by atoms with van der Waals surface area (Å²) in [5.41, 5.74) is -0.646. The molecule has 2 heterocycles. The first-order valence-electron chi connectivity index (χ1n) is 8.70. The van der Waals surface area contributed by atoms with Crippen LogP contribution < -0.4 is 5.46 Å². The van der Waals surface area contributed by atoms with E-state index in [9.17, 15) is 5.11 Å². The lowest BCUT2D eigenvalue weighted by molar-refractivity contribution is -0.0893. The highest BCUT2D eigenvalue weighted by molar-refractivity contribution is 7.26. The molecule has 0 amide bonds. The van der Waals surface area contributed by atoms with E-state index >= 15 is 0 Å². The molecule has 0 spiro atoms. The van der Waals surface area contributed by atoms with Crippen LogP contribution in [0.3, 0.4) is 0 Å². The standard InChI is InChI=1S/C21H21BNO2S/c1-20(2,24)21(3,4)25-22-16-9-5-7-13-10-11-14-15-8-6-12-23-19(15)26-18(14)17(13)16/h5-12,24H,1-4H3. The molecule has 0 aliphatic rings. The monoisotopic (exact) mass is 362 g/mol. The van der Waals surface area contributed by atoms with E-state index in [4.69, 9.17) is 4.65 Å². The molecule has 3 nitrogen and oxygen atoms in total. The van der Waals surface area contributed by atoms with E-state index in [0.29, 0.717) is 0 Å². The van der Waals surface area contributed by atoms with Gasteiger partial charge >= 0.3 is 7.48 Å². The quantitative estimate of drug-likeness (QED) is 0.547. The molecule has 0 bridgehead atoms. The molecule has 0 unspecified atom stereocenters. The van der Waals surface area contributed by atoms with Gasteiger partial charge in [-0.2, -0.15) is 0 Å². The molecule has 4 aromatic rings. The Balaban J connectivity index is 1.87. The van der Waals surface area contributed by atoms with Crippen LogP contribution in [0.1, 0.15) is 27.7 Å². The minimum Gasteiger partial charge on any atom is -0.427 e. The second kappa shape index (κ2) is 6.05. The van der Waals surface area contributed by atoms with Crippen molar-refractivity contribution >= 4 is 55.4 Å². The fourth-order valence-corrected chi connectivity index (χ4v) is 4.14.